The van der Waals surface area contributed by atoms with Crippen molar-refractivity contribution in [1.29, 1.82) is 0 Å². The lowest BCUT2D eigenvalue weighted by Gasteiger charge is -2.04. The van der Waals surface area contributed by atoms with Crippen molar-refractivity contribution in [3.63, 3.8) is 0 Å². The van der Waals surface area contributed by atoms with Gasteiger partial charge in [0.05, 0.1) is 11.7 Å². The van der Waals surface area contributed by atoms with Crippen molar-refractivity contribution >= 4 is 5.78 Å². The second kappa shape index (κ2) is 4.14. The van der Waals surface area contributed by atoms with Crippen molar-refractivity contribution in [2.45, 2.75) is 38.6 Å². The number of ketones is 1. The van der Waals surface area contributed by atoms with E-state index in [0.717, 1.165) is 18.0 Å². The van der Waals surface area contributed by atoms with Crippen LogP contribution in [-0.4, -0.2) is 23.5 Å². The minimum absolute atomic E-state index is 0.0601. The summed E-state index contributed by atoms with van der Waals surface area (Å²) in [5.41, 5.74) is 0.867. The summed E-state index contributed by atoms with van der Waals surface area (Å²) >= 11 is 0. The zero-order valence-electron chi connectivity index (χ0n) is 9.12. The summed E-state index contributed by atoms with van der Waals surface area (Å²) in [6, 6.07) is 1.88. The van der Waals surface area contributed by atoms with E-state index in [4.69, 9.17) is 4.52 Å². The Morgan fingerprint density at radius 2 is 2.47 bits per heavy atom. The smallest absolute Gasteiger partial charge is 0.151 e. The lowest BCUT2D eigenvalue weighted by atomic mass is 10.1. The molecule has 0 amide bonds. The van der Waals surface area contributed by atoms with E-state index in [1.54, 1.807) is 0 Å². The molecule has 15 heavy (non-hydrogen) atoms. The molecule has 0 bridgehead atoms. The number of nitrogens with one attached hydrogen (secondary N) is 1. The van der Waals surface area contributed by atoms with Crippen LogP contribution in [0.4, 0.5) is 0 Å². The van der Waals surface area contributed by atoms with Gasteiger partial charge in [-0.15, -0.1) is 0 Å². The highest BCUT2D eigenvalue weighted by molar-refractivity contribution is 5.86. The maximum absolute atomic E-state index is 11.4. The monoisotopic (exact) mass is 208 g/mol. The SMILES string of the molecule is CC(C)c1cc(CC2NCCC2=O)no1. The predicted octanol–water partition coefficient (Wildman–Crippen LogP) is 1.27. The topological polar surface area (TPSA) is 55.1 Å². The third kappa shape index (κ3) is 2.26. The Morgan fingerprint density at radius 1 is 1.67 bits per heavy atom. The van der Waals surface area contributed by atoms with E-state index in [0.29, 0.717) is 18.8 Å². The fourth-order valence-electron chi connectivity index (χ4n) is 1.75. The highest BCUT2D eigenvalue weighted by Gasteiger charge is 2.25. The van der Waals surface area contributed by atoms with E-state index in [2.05, 4.69) is 24.3 Å². The fourth-order valence-corrected chi connectivity index (χ4v) is 1.75. The summed E-state index contributed by atoms with van der Waals surface area (Å²) in [5.74, 6) is 1.51. The molecule has 2 rings (SSSR count). The van der Waals surface area contributed by atoms with Gasteiger partial charge in [-0.2, -0.15) is 0 Å². The van der Waals surface area contributed by atoms with E-state index < -0.39 is 0 Å². The van der Waals surface area contributed by atoms with Crippen LogP contribution >= 0.6 is 0 Å². The van der Waals surface area contributed by atoms with Gasteiger partial charge >= 0.3 is 0 Å². The number of carbonyl (C=O) groups excluding carboxylic acids is 1. The summed E-state index contributed by atoms with van der Waals surface area (Å²) < 4.78 is 5.18. The molecule has 1 aromatic heterocycles. The lowest BCUT2D eigenvalue weighted by molar-refractivity contribution is -0.118. The molecule has 0 aliphatic carbocycles. The number of Topliss-reactive ketones (excluding diaryl/α,β-unsaturated/α-hetero) is 1. The molecule has 0 spiro atoms. The van der Waals surface area contributed by atoms with Crippen LogP contribution in [0.25, 0.3) is 0 Å². The first-order chi connectivity index (χ1) is 7.16. The van der Waals surface area contributed by atoms with E-state index in [9.17, 15) is 4.79 Å². The number of rotatable bonds is 3. The van der Waals surface area contributed by atoms with E-state index >= 15 is 0 Å². The molecule has 1 saturated heterocycles. The number of carbonyl (C=O) groups is 1. The molecule has 1 aliphatic rings. The molecule has 0 saturated carbocycles. The zero-order chi connectivity index (χ0) is 10.8. The molecule has 4 nitrogen and oxygen atoms in total. The lowest BCUT2D eigenvalue weighted by Crippen LogP contribution is -2.29. The molecule has 0 aromatic carbocycles. The van der Waals surface area contributed by atoms with Gasteiger partial charge in [0, 0.05) is 31.4 Å². The number of aromatic nitrogens is 1. The second-order valence-corrected chi connectivity index (χ2v) is 4.30. The van der Waals surface area contributed by atoms with Gasteiger partial charge in [0.15, 0.2) is 5.78 Å². The summed E-state index contributed by atoms with van der Waals surface area (Å²) in [6.07, 6.45) is 1.29. The van der Waals surface area contributed by atoms with Gasteiger partial charge in [-0.3, -0.25) is 4.79 Å². The molecule has 2 heterocycles. The van der Waals surface area contributed by atoms with Crippen LogP contribution in [0.1, 0.15) is 37.6 Å². The average Bonchev–Trinajstić information content (AvgIpc) is 2.77. The Hall–Kier alpha value is -1.16. The molecule has 1 unspecified atom stereocenters. The molecule has 4 heteroatoms. The minimum Gasteiger partial charge on any atom is -0.361 e. The van der Waals surface area contributed by atoms with Gasteiger partial charge in [0.1, 0.15) is 5.76 Å². The highest BCUT2D eigenvalue weighted by Crippen LogP contribution is 2.16. The second-order valence-electron chi connectivity index (χ2n) is 4.30. The Labute approximate surface area is 89.0 Å². The normalized spacial score (nSPS) is 21.5. The summed E-state index contributed by atoms with van der Waals surface area (Å²) in [7, 11) is 0. The summed E-state index contributed by atoms with van der Waals surface area (Å²) in [6.45, 7) is 4.91. The first-order valence-corrected chi connectivity index (χ1v) is 5.38. The van der Waals surface area contributed by atoms with Crippen molar-refractivity contribution in [3.05, 3.63) is 17.5 Å². The highest BCUT2D eigenvalue weighted by atomic mass is 16.5. The van der Waals surface area contributed by atoms with Gasteiger partial charge < -0.3 is 9.84 Å². The van der Waals surface area contributed by atoms with Gasteiger partial charge in [0.2, 0.25) is 0 Å². The maximum Gasteiger partial charge on any atom is 0.151 e. The first kappa shape index (κ1) is 10.4. The van der Waals surface area contributed by atoms with Gasteiger partial charge in [0.25, 0.3) is 0 Å². The number of hydrogen-bond acceptors (Lipinski definition) is 4. The van der Waals surface area contributed by atoms with Gasteiger partial charge in [-0.1, -0.05) is 19.0 Å². The minimum atomic E-state index is -0.0601. The molecule has 82 valence electrons. The third-order valence-corrected chi connectivity index (χ3v) is 2.71. The summed E-state index contributed by atoms with van der Waals surface area (Å²) in [4.78, 5) is 11.4. The van der Waals surface area contributed by atoms with Crippen LogP contribution in [0.5, 0.6) is 0 Å². The first-order valence-electron chi connectivity index (χ1n) is 5.38. The molecule has 1 aliphatic heterocycles. The van der Waals surface area contributed by atoms with Crippen LogP contribution in [0.3, 0.4) is 0 Å². The van der Waals surface area contributed by atoms with Crippen molar-refractivity contribution in [2.24, 2.45) is 0 Å². The van der Waals surface area contributed by atoms with E-state index in [1.807, 2.05) is 6.07 Å². The zero-order valence-corrected chi connectivity index (χ0v) is 9.12. The third-order valence-electron chi connectivity index (χ3n) is 2.71. The van der Waals surface area contributed by atoms with Gasteiger partial charge in [-0.05, 0) is 0 Å². The molecule has 1 atom stereocenters. The van der Waals surface area contributed by atoms with Crippen LogP contribution < -0.4 is 5.32 Å². The van der Waals surface area contributed by atoms with Crippen molar-refractivity contribution in [2.75, 3.05) is 6.54 Å². The standard InChI is InChI=1S/C11H16N2O2/c1-7(2)11-6-8(13-15-11)5-9-10(14)3-4-12-9/h6-7,9,12H,3-5H2,1-2H3. The number of hydrogen-bond donors (Lipinski definition) is 1. The summed E-state index contributed by atoms with van der Waals surface area (Å²) in [5, 5.41) is 7.13. The van der Waals surface area contributed by atoms with E-state index in [1.165, 1.54) is 0 Å². The molecular weight excluding hydrogens is 192 g/mol. The van der Waals surface area contributed by atoms with E-state index in [-0.39, 0.29) is 11.8 Å². The largest absolute Gasteiger partial charge is 0.361 e. The molecule has 1 aromatic rings. The molecule has 1 N–H and O–H groups in total. The Morgan fingerprint density at radius 3 is 3.00 bits per heavy atom. The van der Waals surface area contributed by atoms with Crippen molar-refractivity contribution in [3.8, 4) is 0 Å². The van der Waals surface area contributed by atoms with Crippen molar-refractivity contribution < 1.29 is 9.32 Å². The Kier molecular flexibility index (Phi) is 2.86. The Balaban J connectivity index is 2.01. The van der Waals surface area contributed by atoms with Gasteiger partial charge in [-0.25, -0.2) is 0 Å². The molecule has 1 fully saturated rings. The van der Waals surface area contributed by atoms with Crippen LogP contribution in [0.15, 0.2) is 10.6 Å². The van der Waals surface area contributed by atoms with Crippen LogP contribution in [0, 0.1) is 0 Å². The average molecular weight is 208 g/mol. The van der Waals surface area contributed by atoms with Crippen LogP contribution in [-0.2, 0) is 11.2 Å². The van der Waals surface area contributed by atoms with Crippen molar-refractivity contribution in [1.82, 2.24) is 10.5 Å². The Bertz CT molecular complexity index is 357. The van der Waals surface area contributed by atoms with Crippen LogP contribution in [0.2, 0.25) is 0 Å². The number of nitrogens with zero attached hydrogens (tertiary/aromatic N) is 1. The molecular formula is C11H16N2O2. The fraction of sp³-hybridized carbons (Fsp3) is 0.636. The maximum atomic E-state index is 11.4. The quantitative estimate of drug-likeness (QED) is 0.812. The predicted molar refractivity (Wildman–Crippen MR) is 55.7 cm³/mol. The molecule has 0 radical (unpaired) electrons.